The first-order chi connectivity index (χ1) is 19.0. The second-order valence-corrected chi connectivity index (χ2v) is 11.0. The van der Waals surface area contributed by atoms with Crippen LogP contribution in [0.2, 0.25) is 0 Å². The van der Waals surface area contributed by atoms with Crippen LogP contribution < -0.4 is 5.56 Å². The summed E-state index contributed by atoms with van der Waals surface area (Å²) < 4.78 is 14.9. The molecule has 1 amide bonds. The van der Waals surface area contributed by atoms with Crippen LogP contribution >= 0.6 is 0 Å². The lowest BCUT2D eigenvalue weighted by Gasteiger charge is -2.35. The summed E-state index contributed by atoms with van der Waals surface area (Å²) in [6, 6.07) is 14.1. The van der Waals surface area contributed by atoms with Crippen LogP contribution in [0, 0.1) is 11.7 Å². The molecule has 3 N–H and O–H groups in total. The number of aryl methyl sites for hydroxylation is 1. The molecule has 2 aromatic heterocycles. The topological polar surface area (TPSA) is 107 Å². The molecule has 0 radical (unpaired) electrons. The largest absolute Gasteiger partial charge is 0.393 e. The number of aromatic amines is 2. The van der Waals surface area contributed by atoms with E-state index >= 15 is 0 Å². The van der Waals surface area contributed by atoms with Crippen LogP contribution in [-0.2, 0) is 17.6 Å². The van der Waals surface area contributed by atoms with Gasteiger partial charge in [0, 0.05) is 36.2 Å². The van der Waals surface area contributed by atoms with Crippen molar-refractivity contribution in [2.75, 3.05) is 13.1 Å². The first-order valence-electron chi connectivity index (χ1n) is 14.0. The monoisotopic (exact) mass is 531 g/mol. The number of rotatable bonds is 6. The summed E-state index contributed by atoms with van der Waals surface area (Å²) in [7, 11) is 0. The standard InChI is InChI=1S/C30H34FN5O3/c31-22-10-5-19(6-11-22)7-14-24-27(34-36(29(24)39)30-32-25-3-1-2-4-26(25)33-30)20-15-17-35(18-16-20)28(38)21-8-12-23(37)13-9-21/h1-6,10-11,20-21,23,34,37H,7-9,12-18H2,(H,32,33). The van der Waals surface area contributed by atoms with E-state index in [1.807, 2.05) is 29.2 Å². The molecule has 8 nitrogen and oxygen atoms in total. The predicted octanol–water partition coefficient (Wildman–Crippen LogP) is 4.22. The number of carbonyl (C=O) groups excluding carboxylic acids is 1. The molecule has 2 aromatic carbocycles. The molecule has 3 heterocycles. The zero-order chi connectivity index (χ0) is 26.9. The van der Waals surface area contributed by atoms with Crippen LogP contribution in [0.3, 0.4) is 0 Å². The molecule has 1 saturated heterocycles. The van der Waals surface area contributed by atoms with Gasteiger partial charge in [-0.05, 0) is 81.2 Å². The molecular formula is C30H34FN5O3. The summed E-state index contributed by atoms with van der Waals surface area (Å²) in [5.74, 6) is 0.487. The number of hydrogen-bond donors (Lipinski definition) is 3. The third kappa shape index (κ3) is 5.28. The van der Waals surface area contributed by atoms with Crippen LogP contribution in [0.25, 0.3) is 17.0 Å². The third-order valence-corrected chi connectivity index (χ3v) is 8.45. The normalized spacial score (nSPS) is 20.5. The van der Waals surface area contributed by atoms with Gasteiger partial charge in [0.05, 0.1) is 17.1 Å². The number of carbonyl (C=O) groups is 1. The third-order valence-electron chi connectivity index (χ3n) is 8.45. The Morgan fingerprint density at radius 1 is 0.974 bits per heavy atom. The van der Waals surface area contributed by atoms with Crippen molar-refractivity contribution in [1.82, 2.24) is 24.6 Å². The number of piperidine rings is 1. The van der Waals surface area contributed by atoms with Crippen molar-refractivity contribution in [3.63, 3.8) is 0 Å². The van der Waals surface area contributed by atoms with E-state index in [1.54, 1.807) is 12.1 Å². The molecule has 2 aliphatic rings. The van der Waals surface area contributed by atoms with Gasteiger partial charge in [-0.1, -0.05) is 24.3 Å². The zero-order valence-electron chi connectivity index (χ0n) is 21.9. The number of nitrogens with zero attached hydrogens (tertiary/aromatic N) is 3. The molecule has 204 valence electrons. The number of benzene rings is 2. The smallest absolute Gasteiger partial charge is 0.277 e. The van der Waals surface area contributed by atoms with E-state index in [0.717, 1.165) is 48.0 Å². The Morgan fingerprint density at radius 3 is 2.41 bits per heavy atom. The van der Waals surface area contributed by atoms with Gasteiger partial charge in [0.15, 0.2) is 0 Å². The Hall–Kier alpha value is -3.72. The Balaban J connectivity index is 1.24. The highest BCUT2D eigenvalue weighted by Gasteiger charge is 2.33. The molecular weight excluding hydrogens is 497 g/mol. The first-order valence-corrected chi connectivity index (χ1v) is 14.0. The Labute approximate surface area is 225 Å². The number of likely N-dealkylation sites (tertiary alicyclic amines) is 1. The lowest BCUT2D eigenvalue weighted by atomic mass is 9.85. The summed E-state index contributed by atoms with van der Waals surface area (Å²) in [5, 5.41) is 13.2. The van der Waals surface area contributed by atoms with Crippen LogP contribution in [0.15, 0.2) is 53.3 Å². The van der Waals surface area contributed by atoms with Gasteiger partial charge in [-0.15, -0.1) is 0 Å². The van der Waals surface area contributed by atoms with Gasteiger partial charge in [-0.25, -0.2) is 9.37 Å². The summed E-state index contributed by atoms with van der Waals surface area (Å²) in [5.41, 5.74) is 4.08. The number of para-hydroxylation sites is 2. The number of aliphatic hydroxyl groups is 1. The van der Waals surface area contributed by atoms with E-state index in [2.05, 4.69) is 15.1 Å². The molecule has 0 atom stereocenters. The van der Waals surface area contributed by atoms with E-state index in [0.29, 0.717) is 50.3 Å². The Bertz CT molecular complexity index is 1470. The minimum atomic E-state index is -0.279. The van der Waals surface area contributed by atoms with Gasteiger partial charge in [0.25, 0.3) is 5.56 Å². The average molecular weight is 532 g/mol. The fourth-order valence-electron chi connectivity index (χ4n) is 6.15. The van der Waals surface area contributed by atoms with Crippen LogP contribution in [-0.4, -0.2) is 54.9 Å². The van der Waals surface area contributed by atoms with Crippen LogP contribution in [0.5, 0.6) is 0 Å². The number of H-pyrrole nitrogens is 2. The van der Waals surface area contributed by atoms with Crippen LogP contribution in [0.1, 0.15) is 61.3 Å². The maximum absolute atomic E-state index is 13.7. The zero-order valence-corrected chi connectivity index (χ0v) is 21.9. The van der Waals surface area contributed by atoms with E-state index in [1.165, 1.54) is 16.8 Å². The van der Waals surface area contributed by atoms with Crippen LogP contribution in [0.4, 0.5) is 4.39 Å². The highest BCUT2D eigenvalue weighted by molar-refractivity contribution is 5.79. The minimum absolute atomic E-state index is 0.00481. The molecule has 0 spiro atoms. The number of amides is 1. The summed E-state index contributed by atoms with van der Waals surface area (Å²) in [6.45, 7) is 1.30. The number of fused-ring (bicyclic) bond motifs is 1. The number of aliphatic hydroxyl groups excluding tert-OH is 1. The highest BCUT2D eigenvalue weighted by Crippen LogP contribution is 2.32. The van der Waals surface area contributed by atoms with E-state index in [4.69, 9.17) is 0 Å². The second kappa shape index (κ2) is 10.8. The maximum atomic E-state index is 13.7. The lowest BCUT2D eigenvalue weighted by molar-refractivity contribution is -0.138. The molecule has 6 rings (SSSR count). The van der Waals surface area contributed by atoms with Gasteiger partial charge < -0.3 is 15.0 Å². The summed E-state index contributed by atoms with van der Waals surface area (Å²) >= 11 is 0. The predicted molar refractivity (Wildman–Crippen MR) is 146 cm³/mol. The van der Waals surface area contributed by atoms with Crippen molar-refractivity contribution in [2.45, 2.75) is 63.4 Å². The maximum Gasteiger partial charge on any atom is 0.277 e. The van der Waals surface area contributed by atoms with E-state index < -0.39 is 0 Å². The number of halogens is 1. The molecule has 1 saturated carbocycles. The first kappa shape index (κ1) is 25.6. The number of aromatic nitrogens is 4. The molecule has 9 heteroatoms. The molecule has 2 fully saturated rings. The summed E-state index contributed by atoms with van der Waals surface area (Å²) in [6.07, 6.45) is 5.29. The van der Waals surface area contributed by atoms with Crippen molar-refractivity contribution in [1.29, 1.82) is 0 Å². The van der Waals surface area contributed by atoms with E-state index in [-0.39, 0.29) is 35.2 Å². The van der Waals surface area contributed by atoms with Gasteiger partial charge >= 0.3 is 0 Å². The number of hydrogen-bond acceptors (Lipinski definition) is 4. The number of imidazole rings is 1. The van der Waals surface area contributed by atoms with Gasteiger partial charge in [-0.2, -0.15) is 4.68 Å². The average Bonchev–Trinajstić information content (AvgIpc) is 3.53. The minimum Gasteiger partial charge on any atom is -0.393 e. The Morgan fingerprint density at radius 2 is 1.69 bits per heavy atom. The van der Waals surface area contributed by atoms with Crippen molar-refractivity contribution < 1.29 is 14.3 Å². The number of nitrogens with one attached hydrogen (secondary N) is 2. The lowest BCUT2D eigenvalue weighted by Crippen LogP contribution is -2.42. The Kier molecular flexibility index (Phi) is 7.08. The fourth-order valence-corrected chi connectivity index (χ4v) is 6.15. The van der Waals surface area contributed by atoms with Crippen molar-refractivity contribution in [2.24, 2.45) is 5.92 Å². The molecule has 1 aliphatic heterocycles. The molecule has 4 aromatic rings. The van der Waals surface area contributed by atoms with Crippen molar-refractivity contribution in [3.8, 4) is 5.95 Å². The quantitative estimate of drug-likeness (QED) is 0.346. The van der Waals surface area contributed by atoms with Crippen molar-refractivity contribution >= 4 is 16.9 Å². The van der Waals surface area contributed by atoms with Gasteiger partial charge in [0.1, 0.15) is 5.82 Å². The molecule has 1 aliphatic carbocycles. The van der Waals surface area contributed by atoms with E-state index in [9.17, 15) is 19.1 Å². The second-order valence-electron chi connectivity index (χ2n) is 11.0. The fraction of sp³-hybridized carbons (Fsp3) is 0.433. The van der Waals surface area contributed by atoms with Gasteiger partial charge in [0.2, 0.25) is 11.9 Å². The summed E-state index contributed by atoms with van der Waals surface area (Å²) in [4.78, 5) is 36.7. The molecule has 0 unspecified atom stereocenters. The SMILES string of the molecule is O=C(C1CCC(O)CC1)N1CCC(c2[nH]n(-c3nc4ccccc4[nH]3)c(=O)c2CCc2ccc(F)cc2)CC1. The van der Waals surface area contributed by atoms with Crippen molar-refractivity contribution in [3.05, 3.63) is 81.5 Å². The van der Waals surface area contributed by atoms with Gasteiger partial charge in [-0.3, -0.25) is 14.7 Å². The molecule has 39 heavy (non-hydrogen) atoms. The highest BCUT2D eigenvalue weighted by atomic mass is 19.1. The molecule has 0 bridgehead atoms.